The topological polar surface area (TPSA) is 54.4 Å². The molecule has 0 aliphatic carbocycles. The third kappa shape index (κ3) is 20.3. The van der Waals surface area contributed by atoms with Crippen molar-refractivity contribution in [3.63, 3.8) is 0 Å². The van der Waals surface area contributed by atoms with Gasteiger partial charge in [-0.3, -0.25) is 4.55 Å². The van der Waals surface area contributed by atoms with Gasteiger partial charge in [-0.25, -0.2) is 0 Å². The molecule has 2 rings (SSSR count). The lowest BCUT2D eigenvalue weighted by atomic mass is 9.96. The van der Waals surface area contributed by atoms with Gasteiger partial charge in [-0.1, -0.05) is 212 Å². The first-order valence-corrected chi connectivity index (χ1v) is 22.4. The van der Waals surface area contributed by atoms with Crippen molar-refractivity contribution in [2.75, 3.05) is 0 Å². The number of hydrogen-bond donors (Lipinski definition) is 1. The fourth-order valence-electron chi connectivity index (χ4n) is 7.44. The molecule has 3 nitrogen and oxygen atoms in total. The van der Waals surface area contributed by atoms with Crippen LogP contribution in [-0.2, 0) is 23.0 Å². The van der Waals surface area contributed by atoms with Crippen LogP contribution in [0.4, 0.5) is 0 Å². The summed E-state index contributed by atoms with van der Waals surface area (Å²) in [4.78, 5) is 0.115. The highest BCUT2D eigenvalue weighted by Crippen LogP contribution is 2.29. The lowest BCUT2D eigenvalue weighted by Crippen LogP contribution is -2.04. The first-order valence-electron chi connectivity index (χ1n) is 21.0. The van der Waals surface area contributed by atoms with E-state index in [1.54, 1.807) is 6.07 Å². The van der Waals surface area contributed by atoms with Crippen LogP contribution in [0.2, 0.25) is 0 Å². The first kappa shape index (κ1) is 42.8. The van der Waals surface area contributed by atoms with Gasteiger partial charge in [-0.2, -0.15) is 8.42 Å². The highest BCUT2D eigenvalue weighted by molar-refractivity contribution is 7.85. The maximum Gasteiger partial charge on any atom is 0.294 e. The Balaban J connectivity index is 1.64. The molecule has 276 valence electrons. The molecular weight excluding hydrogens is 609 g/mol. The summed E-state index contributed by atoms with van der Waals surface area (Å²) in [5, 5.41) is 2.08. The minimum Gasteiger partial charge on any atom is -0.282 e. The van der Waals surface area contributed by atoms with Crippen molar-refractivity contribution in [2.45, 2.75) is 224 Å². The van der Waals surface area contributed by atoms with E-state index in [1.807, 2.05) is 6.07 Å². The molecule has 0 amide bonds. The summed E-state index contributed by atoms with van der Waals surface area (Å²) in [7, 11) is -4.26. The number of fused-ring (bicyclic) bond motifs is 1. The van der Waals surface area contributed by atoms with Gasteiger partial charge in [-0.15, -0.1) is 0 Å². The van der Waals surface area contributed by atoms with E-state index < -0.39 is 10.1 Å². The maximum atomic E-state index is 12.4. The Kier molecular flexibility index (Phi) is 25.2. The normalized spacial score (nSPS) is 12.0. The molecule has 0 fully saturated rings. The average molecular weight is 685 g/mol. The van der Waals surface area contributed by atoms with E-state index >= 15 is 0 Å². The van der Waals surface area contributed by atoms with Crippen molar-refractivity contribution in [2.24, 2.45) is 0 Å². The molecule has 0 radical (unpaired) electrons. The number of rotatable bonds is 33. The van der Waals surface area contributed by atoms with E-state index in [9.17, 15) is 13.0 Å². The fourth-order valence-corrected chi connectivity index (χ4v) is 8.20. The molecule has 0 aromatic heterocycles. The molecule has 0 spiro atoms. The molecule has 48 heavy (non-hydrogen) atoms. The summed E-state index contributed by atoms with van der Waals surface area (Å²) < 4.78 is 35.0. The lowest BCUT2D eigenvalue weighted by molar-refractivity contribution is 0.481. The minimum atomic E-state index is -4.26. The molecule has 0 bridgehead atoms. The van der Waals surface area contributed by atoms with Crippen molar-refractivity contribution in [3.8, 4) is 0 Å². The Hall–Kier alpha value is -1.39. The van der Waals surface area contributed by atoms with Gasteiger partial charge < -0.3 is 0 Å². The fraction of sp³-hybridized carbons (Fsp3) is 0.773. The second-order valence-corrected chi connectivity index (χ2v) is 16.4. The smallest absolute Gasteiger partial charge is 0.282 e. The van der Waals surface area contributed by atoms with Crippen LogP contribution in [0.1, 0.15) is 218 Å². The van der Waals surface area contributed by atoms with Crippen molar-refractivity contribution in [1.82, 2.24) is 0 Å². The van der Waals surface area contributed by atoms with Gasteiger partial charge in [0.05, 0.1) is 4.90 Å². The zero-order valence-corrected chi connectivity index (χ0v) is 32.5. The van der Waals surface area contributed by atoms with Gasteiger partial charge >= 0.3 is 0 Å². The van der Waals surface area contributed by atoms with E-state index in [0.717, 1.165) is 42.0 Å². The van der Waals surface area contributed by atoms with E-state index in [0.29, 0.717) is 6.42 Å². The molecule has 0 aliphatic rings. The SMILES string of the molecule is CCCCCCCCCCCCCCCCCc1cc2cccc(CCCCCCCCCCCCCCCCC)c2cc1S(=O)(=O)O. The Labute approximate surface area is 298 Å². The molecule has 0 unspecified atom stereocenters. The average Bonchev–Trinajstić information content (AvgIpc) is 3.07. The van der Waals surface area contributed by atoms with Crippen LogP contribution in [0.15, 0.2) is 35.2 Å². The summed E-state index contributed by atoms with van der Waals surface area (Å²) in [6, 6.07) is 10.1. The number of aryl methyl sites for hydroxylation is 2. The van der Waals surface area contributed by atoms with Crippen molar-refractivity contribution >= 4 is 20.9 Å². The van der Waals surface area contributed by atoms with E-state index in [-0.39, 0.29) is 4.90 Å². The summed E-state index contributed by atoms with van der Waals surface area (Å²) in [5.41, 5.74) is 1.97. The quantitative estimate of drug-likeness (QED) is 0.0601. The second kappa shape index (κ2) is 28.3. The zero-order chi connectivity index (χ0) is 34.5. The third-order valence-corrected chi connectivity index (χ3v) is 11.5. The molecular formula is C44H76O3S. The number of hydrogen-bond acceptors (Lipinski definition) is 2. The monoisotopic (exact) mass is 685 g/mol. The summed E-state index contributed by atoms with van der Waals surface area (Å²) >= 11 is 0. The summed E-state index contributed by atoms with van der Waals surface area (Å²) in [5.74, 6) is 0. The maximum absolute atomic E-state index is 12.4. The Morgan fingerprint density at radius 1 is 0.438 bits per heavy atom. The highest BCUT2D eigenvalue weighted by Gasteiger charge is 2.17. The predicted octanol–water partition coefficient (Wildman–Crippen LogP) is 14.9. The van der Waals surface area contributed by atoms with Gasteiger partial charge in [0.1, 0.15) is 0 Å². The number of unbranched alkanes of at least 4 members (excludes halogenated alkanes) is 28. The number of benzene rings is 2. The molecule has 0 atom stereocenters. The van der Waals surface area contributed by atoms with Crippen LogP contribution in [0.5, 0.6) is 0 Å². The molecule has 2 aromatic rings. The molecule has 2 aromatic carbocycles. The molecule has 0 heterocycles. The van der Waals surface area contributed by atoms with Gasteiger partial charge in [0.15, 0.2) is 0 Å². The van der Waals surface area contributed by atoms with E-state index in [1.165, 1.54) is 179 Å². The summed E-state index contributed by atoms with van der Waals surface area (Å²) in [6.07, 6.45) is 41.7. The molecule has 0 aliphatic heterocycles. The van der Waals surface area contributed by atoms with Crippen LogP contribution in [0.25, 0.3) is 10.8 Å². The van der Waals surface area contributed by atoms with Crippen molar-refractivity contribution in [3.05, 3.63) is 41.5 Å². The second-order valence-electron chi connectivity index (χ2n) is 15.0. The Bertz CT molecular complexity index is 1160. The van der Waals surface area contributed by atoms with E-state index in [2.05, 4.69) is 32.0 Å². The van der Waals surface area contributed by atoms with E-state index in [4.69, 9.17) is 0 Å². The Morgan fingerprint density at radius 3 is 1.12 bits per heavy atom. The highest BCUT2D eigenvalue weighted by atomic mass is 32.2. The van der Waals surface area contributed by atoms with Crippen LogP contribution in [-0.4, -0.2) is 13.0 Å². The molecule has 0 saturated heterocycles. The Morgan fingerprint density at radius 2 is 0.771 bits per heavy atom. The largest absolute Gasteiger partial charge is 0.294 e. The lowest BCUT2D eigenvalue weighted by Gasteiger charge is -2.13. The van der Waals surface area contributed by atoms with Gasteiger partial charge in [-0.05, 0) is 59.7 Å². The minimum absolute atomic E-state index is 0.115. The van der Waals surface area contributed by atoms with Crippen LogP contribution >= 0.6 is 0 Å². The van der Waals surface area contributed by atoms with Crippen LogP contribution in [0, 0.1) is 0 Å². The molecule has 4 heteroatoms. The summed E-state index contributed by atoms with van der Waals surface area (Å²) in [6.45, 7) is 4.56. The standard InChI is InChI=1S/C44H76O3S/c1-3-5-7-9-11-13-15-17-19-21-23-25-27-29-31-34-40-36-33-37-41-38-42(44(39-43(40)41)48(45,46)47)35-32-30-28-26-24-22-20-18-16-14-12-10-8-6-4-2/h33,36-39H,3-32,34-35H2,1-2H3,(H,45,46,47). The van der Waals surface area contributed by atoms with Gasteiger partial charge in [0.25, 0.3) is 10.1 Å². The van der Waals surface area contributed by atoms with Crippen LogP contribution in [0.3, 0.4) is 0 Å². The first-order chi connectivity index (χ1) is 23.5. The third-order valence-electron chi connectivity index (χ3n) is 10.5. The predicted molar refractivity (Wildman–Crippen MR) is 211 cm³/mol. The van der Waals surface area contributed by atoms with Gasteiger partial charge in [0.2, 0.25) is 0 Å². The molecule has 0 saturated carbocycles. The molecule has 1 N–H and O–H groups in total. The zero-order valence-electron chi connectivity index (χ0n) is 31.7. The van der Waals surface area contributed by atoms with Crippen molar-refractivity contribution in [1.29, 1.82) is 0 Å². The van der Waals surface area contributed by atoms with Crippen molar-refractivity contribution < 1.29 is 13.0 Å². The van der Waals surface area contributed by atoms with Crippen LogP contribution < -0.4 is 0 Å². The van der Waals surface area contributed by atoms with Gasteiger partial charge in [0, 0.05) is 0 Å².